The fraction of sp³-hybridized carbons (Fsp3) is 0.381. The van der Waals surface area contributed by atoms with E-state index in [1.54, 1.807) is 18.5 Å². The number of carbonyl (C=O) groups excluding carboxylic acids is 1. The molecule has 5 rings (SSSR count). The smallest absolute Gasteiger partial charge is 0.142 e. The molecule has 1 atom stereocenters. The summed E-state index contributed by atoms with van der Waals surface area (Å²) < 4.78 is 13.3. The van der Waals surface area contributed by atoms with Crippen LogP contribution in [0.1, 0.15) is 24.4 Å². The van der Waals surface area contributed by atoms with E-state index in [1.165, 1.54) is 12.1 Å². The number of hydrogen-bond acceptors (Lipinski definition) is 5. The van der Waals surface area contributed by atoms with E-state index in [9.17, 15) is 9.18 Å². The average Bonchev–Trinajstić information content (AvgIpc) is 3.34. The van der Waals surface area contributed by atoms with Crippen LogP contribution in [-0.2, 0) is 4.79 Å². The zero-order valence-corrected chi connectivity index (χ0v) is 15.5. The predicted octanol–water partition coefficient (Wildman–Crippen LogP) is 2.94. The Bertz CT molecular complexity index is 997. The lowest BCUT2D eigenvalue weighted by Gasteiger charge is -2.29. The van der Waals surface area contributed by atoms with Crippen molar-refractivity contribution in [3.63, 3.8) is 0 Å². The number of aromatic amines is 1. The van der Waals surface area contributed by atoms with E-state index in [-0.39, 0.29) is 17.3 Å². The molecule has 0 radical (unpaired) electrons. The third-order valence-electron chi connectivity index (χ3n) is 6.05. The lowest BCUT2D eigenvalue weighted by Crippen LogP contribution is -2.35. The van der Waals surface area contributed by atoms with Gasteiger partial charge in [0.1, 0.15) is 29.9 Å². The van der Waals surface area contributed by atoms with Gasteiger partial charge in [0.05, 0.1) is 11.4 Å². The van der Waals surface area contributed by atoms with Crippen LogP contribution >= 0.6 is 0 Å². The second kappa shape index (κ2) is 6.67. The van der Waals surface area contributed by atoms with Gasteiger partial charge in [-0.25, -0.2) is 14.4 Å². The van der Waals surface area contributed by atoms with Gasteiger partial charge in [0.2, 0.25) is 0 Å². The number of H-pyrrole nitrogens is 1. The van der Waals surface area contributed by atoms with Crippen molar-refractivity contribution in [1.82, 2.24) is 19.9 Å². The van der Waals surface area contributed by atoms with Gasteiger partial charge in [-0.15, -0.1) is 0 Å². The Morgan fingerprint density at radius 1 is 1.11 bits per heavy atom. The van der Waals surface area contributed by atoms with Gasteiger partial charge >= 0.3 is 0 Å². The van der Waals surface area contributed by atoms with Crippen LogP contribution in [0.5, 0.6) is 0 Å². The Balaban J connectivity index is 1.44. The summed E-state index contributed by atoms with van der Waals surface area (Å²) >= 11 is 0. The summed E-state index contributed by atoms with van der Waals surface area (Å²) in [5, 5.41) is 1.03. The van der Waals surface area contributed by atoms with E-state index < -0.39 is 0 Å². The zero-order valence-electron chi connectivity index (χ0n) is 15.5. The van der Waals surface area contributed by atoms with Gasteiger partial charge in [0.15, 0.2) is 0 Å². The molecule has 28 heavy (non-hydrogen) atoms. The zero-order chi connectivity index (χ0) is 19.1. The molecule has 1 aliphatic carbocycles. The molecular weight excluding hydrogens is 357 g/mol. The molecule has 2 aromatic heterocycles. The molecule has 1 spiro atoms. The molecule has 0 bridgehead atoms. The molecule has 3 heterocycles. The topological polar surface area (TPSA) is 65.1 Å². The molecule has 1 saturated carbocycles. The van der Waals surface area contributed by atoms with E-state index in [2.05, 4.69) is 24.8 Å². The molecule has 2 fully saturated rings. The average molecular weight is 379 g/mol. The highest BCUT2D eigenvalue weighted by Gasteiger charge is 2.48. The Morgan fingerprint density at radius 2 is 1.93 bits per heavy atom. The molecular formula is C21H22FN5O. The molecule has 144 valence electrons. The molecule has 2 aliphatic rings. The lowest BCUT2D eigenvalue weighted by atomic mass is 10.0. The quantitative estimate of drug-likeness (QED) is 0.706. The first-order valence-corrected chi connectivity index (χ1v) is 9.65. The molecule has 1 aromatic carbocycles. The fourth-order valence-electron chi connectivity index (χ4n) is 4.35. The van der Waals surface area contributed by atoms with Gasteiger partial charge in [0.25, 0.3) is 0 Å². The number of nitrogens with one attached hydrogen (secondary N) is 1. The van der Waals surface area contributed by atoms with E-state index in [0.29, 0.717) is 0 Å². The molecule has 1 saturated heterocycles. The number of aldehydes is 1. The number of halogens is 1. The van der Waals surface area contributed by atoms with Gasteiger partial charge in [0, 0.05) is 37.8 Å². The van der Waals surface area contributed by atoms with E-state index in [0.717, 1.165) is 67.7 Å². The Kier molecular flexibility index (Phi) is 4.12. The van der Waals surface area contributed by atoms with Crippen molar-refractivity contribution in [2.75, 3.05) is 31.1 Å². The molecule has 6 nitrogen and oxygen atoms in total. The Morgan fingerprint density at radius 3 is 2.68 bits per heavy atom. The van der Waals surface area contributed by atoms with Crippen LogP contribution in [0.2, 0.25) is 0 Å². The molecule has 1 aliphatic heterocycles. The number of anilines is 1. The number of nitrogens with zero attached hydrogens (tertiary/aromatic N) is 4. The Labute approximate surface area is 162 Å². The SMILES string of the molecule is O=CC(c1ccc(F)cc1)N1CCN(c2ncnc3[nH]ccc23)CC2(CC2)C1. The summed E-state index contributed by atoms with van der Waals surface area (Å²) in [5.74, 6) is 0.664. The van der Waals surface area contributed by atoms with Crippen molar-refractivity contribution in [2.45, 2.75) is 18.9 Å². The largest absolute Gasteiger partial charge is 0.354 e. The number of fused-ring (bicyclic) bond motifs is 1. The summed E-state index contributed by atoms with van der Waals surface area (Å²) in [6, 6.07) is 7.93. The van der Waals surface area contributed by atoms with E-state index >= 15 is 0 Å². The van der Waals surface area contributed by atoms with Crippen molar-refractivity contribution in [3.05, 3.63) is 54.2 Å². The van der Waals surface area contributed by atoms with Gasteiger partial charge in [-0.05, 0) is 36.6 Å². The van der Waals surface area contributed by atoms with Crippen molar-refractivity contribution < 1.29 is 9.18 Å². The van der Waals surface area contributed by atoms with Gasteiger partial charge in [-0.3, -0.25) is 4.90 Å². The second-order valence-electron chi connectivity index (χ2n) is 7.96. The third kappa shape index (κ3) is 3.05. The summed E-state index contributed by atoms with van der Waals surface area (Å²) in [7, 11) is 0. The minimum atomic E-state index is -0.351. The van der Waals surface area contributed by atoms with Crippen LogP contribution in [0, 0.1) is 11.2 Å². The number of hydrogen-bond donors (Lipinski definition) is 1. The van der Waals surface area contributed by atoms with Crippen LogP contribution in [0.15, 0.2) is 42.9 Å². The molecule has 3 aromatic rings. The number of carbonyl (C=O) groups is 1. The van der Waals surface area contributed by atoms with Crippen LogP contribution in [-0.4, -0.2) is 52.3 Å². The molecule has 1 unspecified atom stereocenters. The second-order valence-corrected chi connectivity index (χ2v) is 7.96. The first kappa shape index (κ1) is 17.3. The normalized spacial score (nSPS) is 20.2. The van der Waals surface area contributed by atoms with E-state index in [4.69, 9.17) is 0 Å². The minimum Gasteiger partial charge on any atom is -0.354 e. The first-order chi connectivity index (χ1) is 13.7. The van der Waals surface area contributed by atoms with Crippen LogP contribution in [0.4, 0.5) is 10.2 Å². The van der Waals surface area contributed by atoms with Gasteiger partial charge < -0.3 is 14.7 Å². The van der Waals surface area contributed by atoms with Crippen molar-refractivity contribution in [1.29, 1.82) is 0 Å². The molecule has 0 amide bonds. The molecule has 7 heteroatoms. The minimum absolute atomic E-state index is 0.186. The number of benzene rings is 1. The van der Waals surface area contributed by atoms with Gasteiger partial charge in [-0.2, -0.15) is 0 Å². The highest BCUT2D eigenvalue weighted by atomic mass is 19.1. The van der Waals surface area contributed by atoms with Crippen molar-refractivity contribution >= 4 is 23.1 Å². The summed E-state index contributed by atoms with van der Waals surface area (Å²) in [6.45, 7) is 3.32. The van der Waals surface area contributed by atoms with Crippen LogP contribution in [0.3, 0.4) is 0 Å². The lowest BCUT2D eigenvalue weighted by molar-refractivity contribution is -0.112. The first-order valence-electron chi connectivity index (χ1n) is 9.65. The van der Waals surface area contributed by atoms with Crippen molar-refractivity contribution in [2.24, 2.45) is 5.41 Å². The summed E-state index contributed by atoms with van der Waals surface area (Å²) in [6.07, 6.45) is 6.76. The van der Waals surface area contributed by atoms with Crippen LogP contribution in [0.25, 0.3) is 11.0 Å². The highest BCUT2D eigenvalue weighted by molar-refractivity contribution is 5.87. The predicted molar refractivity (Wildman–Crippen MR) is 105 cm³/mol. The highest BCUT2D eigenvalue weighted by Crippen LogP contribution is 2.49. The third-order valence-corrected chi connectivity index (χ3v) is 6.05. The Hall–Kier alpha value is -2.80. The molecule has 1 N–H and O–H groups in total. The monoisotopic (exact) mass is 379 g/mol. The maximum absolute atomic E-state index is 13.3. The standard InChI is InChI=1S/C21H22FN5O/c22-16-3-1-15(2-4-16)18(11-28)26-9-10-27(13-21(12-26)6-7-21)20-17-5-8-23-19(17)24-14-25-20/h1-5,8,11,14,18H,6-7,9-10,12-13H2,(H,23,24,25). The van der Waals surface area contributed by atoms with Crippen molar-refractivity contribution in [3.8, 4) is 0 Å². The van der Waals surface area contributed by atoms with Gasteiger partial charge in [-0.1, -0.05) is 12.1 Å². The number of aromatic nitrogens is 3. The van der Waals surface area contributed by atoms with Crippen LogP contribution < -0.4 is 4.90 Å². The fourth-order valence-corrected chi connectivity index (χ4v) is 4.35. The summed E-state index contributed by atoms with van der Waals surface area (Å²) in [4.78, 5) is 28.5. The maximum Gasteiger partial charge on any atom is 0.142 e. The number of rotatable bonds is 4. The maximum atomic E-state index is 13.3. The summed E-state index contributed by atoms with van der Waals surface area (Å²) in [5.41, 5.74) is 1.87. The van der Waals surface area contributed by atoms with E-state index in [1.807, 2.05) is 12.3 Å².